The third-order valence-corrected chi connectivity index (χ3v) is 3.07. The van der Waals surface area contributed by atoms with Crippen LogP contribution < -0.4 is 0 Å². The molecule has 2 nitrogen and oxygen atoms in total. The largest absolute Gasteiger partial charge is 0.391 e. The van der Waals surface area contributed by atoms with E-state index in [1.165, 1.54) is 10.4 Å². The third kappa shape index (κ3) is 3.10. The lowest BCUT2D eigenvalue weighted by Gasteiger charge is -2.08. The zero-order chi connectivity index (χ0) is 9.84. The maximum atomic E-state index is 9.09. The van der Waals surface area contributed by atoms with E-state index in [0.717, 1.165) is 17.8 Å². The van der Waals surface area contributed by atoms with Crippen LogP contribution in [0.5, 0.6) is 0 Å². The second-order valence-electron chi connectivity index (χ2n) is 3.52. The molecule has 74 valence electrons. The number of likely N-dealkylation sites (N-methyl/N-ethyl adjacent to an activating group) is 1. The number of rotatable bonds is 4. The Morgan fingerprint density at radius 2 is 2.15 bits per heavy atom. The first-order chi connectivity index (χ1) is 6.13. The molecule has 0 aliphatic rings. The van der Waals surface area contributed by atoms with Crippen LogP contribution in [0.1, 0.15) is 15.3 Å². The maximum absolute atomic E-state index is 9.09. The molecule has 0 aliphatic carbocycles. The first-order valence-corrected chi connectivity index (χ1v) is 5.29. The average Bonchev–Trinajstić information content (AvgIpc) is 2.42. The molecule has 0 radical (unpaired) electrons. The summed E-state index contributed by atoms with van der Waals surface area (Å²) < 4.78 is 0. The molecule has 0 unspecified atom stereocenters. The van der Waals surface area contributed by atoms with Gasteiger partial charge in [-0.15, -0.1) is 11.3 Å². The summed E-state index contributed by atoms with van der Waals surface area (Å²) >= 11 is 1.70. The van der Waals surface area contributed by atoms with Gasteiger partial charge in [0.2, 0.25) is 0 Å². The predicted molar refractivity (Wildman–Crippen MR) is 57.2 cm³/mol. The Morgan fingerprint density at radius 1 is 1.46 bits per heavy atom. The molecular weight excluding hydrogens is 182 g/mol. The standard InChI is InChI=1S/C10H17NOS/c1-8-6-9(4-5-11(2)3)10(7-12)13-8/h6,12H,4-5,7H2,1-3H3. The molecule has 0 saturated carbocycles. The lowest BCUT2D eigenvalue weighted by Crippen LogP contribution is -2.15. The SMILES string of the molecule is Cc1cc(CCN(C)C)c(CO)s1. The van der Waals surface area contributed by atoms with Crippen LogP contribution in [0.3, 0.4) is 0 Å². The van der Waals surface area contributed by atoms with Crippen molar-refractivity contribution < 1.29 is 5.11 Å². The Kier molecular flexibility index (Phi) is 3.90. The van der Waals surface area contributed by atoms with Gasteiger partial charge in [0.25, 0.3) is 0 Å². The summed E-state index contributed by atoms with van der Waals surface area (Å²) in [4.78, 5) is 4.57. The summed E-state index contributed by atoms with van der Waals surface area (Å²) in [6.07, 6.45) is 1.03. The van der Waals surface area contributed by atoms with Gasteiger partial charge >= 0.3 is 0 Å². The fraction of sp³-hybridized carbons (Fsp3) is 0.600. The van der Waals surface area contributed by atoms with E-state index in [-0.39, 0.29) is 6.61 Å². The number of aliphatic hydroxyl groups is 1. The summed E-state index contributed by atoms with van der Waals surface area (Å²) in [6.45, 7) is 3.31. The Bertz CT molecular complexity index is 268. The van der Waals surface area contributed by atoms with Crippen LogP contribution in [0.4, 0.5) is 0 Å². The van der Waals surface area contributed by atoms with Crippen LogP contribution in [0, 0.1) is 6.92 Å². The molecule has 0 saturated heterocycles. The molecule has 0 bridgehead atoms. The third-order valence-electron chi connectivity index (χ3n) is 1.99. The molecule has 0 fully saturated rings. The van der Waals surface area contributed by atoms with Crippen molar-refractivity contribution in [3.05, 3.63) is 21.4 Å². The van der Waals surface area contributed by atoms with E-state index in [2.05, 4.69) is 32.0 Å². The van der Waals surface area contributed by atoms with E-state index in [4.69, 9.17) is 5.11 Å². The van der Waals surface area contributed by atoms with Crippen molar-refractivity contribution in [2.75, 3.05) is 20.6 Å². The Hall–Kier alpha value is -0.380. The quantitative estimate of drug-likeness (QED) is 0.797. The average molecular weight is 199 g/mol. The normalized spacial score (nSPS) is 11.2. The molecular formula is C10H17NOS. The highest BCUT2D eigenvalue weighted by Gasteiger charge is 2.05. The number of aryl methyl sites for hydroxylation is 1. The number of nitrogens with zero attached hydrogens (tertiary/aromatic N) is 1. The highest BCUT2D eigenvalue weighted by molar-refractivity contribution is 7.12. The summed E-state index contributed by atoms with van der Waals surface area (Å²) in [5.74, 6) is 0. The van der Waals surface area contributed by atoms with E-state index >= 15 is 0 Å². The Balaban J connectivity index is 2.64. The van der Waals surface area contributed by atoms with Gasteiger partial charge in [-0.2, -0.15) is 0 Å². The van der Waals surface area contributed by atoms with Crippen molar-refractivity contribution in [2.45, 2.75) is 20.0 Å². The molecule has 13 heavy (non-hydrogen) atoms. The molecule has 1 aromatic heterocycles. The fourth-order valence-corrected chi connectivity index (χ4v) is 2.25. The van der Waals surface area contributed by atoms with Crippen LogP contribution in [0.25, 0.3) is 0 Å². The lowest BCUT2D eigenvalue weighted by molar-refractivity contribution is 0.284. The second-order valence-corrected chi connectivity index (χ2v) is 4.86. The summed E-state index contributed by atoms with van der Waals surface area (Å²) in [5.41, 5.74) is 1.30. The van der Waals surface area contributed by atoms with Crippen LogP contribution in [-0.4, -0.2) is 30.6 Å². The van der Waals surface area contributed by atoms with Gasteiger partial charge < -0.3 is 10.0 Å². The van der Waals surface area contributed by atoms with Crippen LogP contribution >= 0.6 is 11.3 Å². The minimum absolute atomic E-state index is 0.182. The van der Waals surface area contributed by atoms with Gasteiger partial charge in [0, 0.05) is 16.3 Å². The van der Waals surface area contributed by atoms with Gasteiger partial charge in [-0.05, 0) is 39.1 Å². The van der Waals surface area contributed by atoms with E-state index in [1.807, 2.05) is 0 Å². The van der Waals surface area contributed by atoms with Crippen molar-refractivity contribution in [2.24, 2.45) is 0 Å². The van der Waals surface area contributed by atoms with Gasteiger partial charge in [0.05, 0.1) is 6.61 Å². The van der Waals surface area contributed by atoms with E-state index in [1.54, 1.807) is 11.3 Å². The fourth-order valence-electron chi connectivity index (χ4n) is 1.30. The van der Waals surface area contributed by atoms with Gasteiger partial charge in [0.15, 0.2) is 0 Å². The van der Waals surface area contributed by atoms with Gasteiger partial charge in [-0.3, -0.25) is 0 Å². The molecule has 0 amide bonds. The highest BCUT2D eigenvalue weighted by atomic mass is 32.1. The molecule has 1 heterocycles. The van der Waals surface area contributed by atoms with Crippen molar-refractivity contribution >= 4 is 11.3 Å². The van der Waals surface area contributed by atoms with Crippen LogP contribution in [0.2, 0.25) is 0 Å². The lowest BCUT2D eigenvalue weighted by atomic mass is 10.2. The van der Waals surface area contributed by atoms with Crippen LogP contribution in [-0.2, 0) is 13.0 Å². The predicted octanol–water partition coefficient (Wildman–Crippen LogP) is 1.65. The Labute approximate surface area is 83.8 Å². The molecule has 3 heteroatoms. The van der Waals surface area contributed by atoms with Crippen molar-refractivity contribution in [1.82, 2.24) is 4.90 Å². The van der Waals surface area contributed by atoms with Crippen molar-refractivity contribution in [1.29, 1.82) is 0 Å². The molecule has 0 atom stereocenters. The van der Waals surface area contributed by atoms with Gasteiger partial charge in [-0.25, -0.2) is 0 Å². The van der Waals surface area contributed by atoms with Crippen molar-refractivity contribution in [3.8, 4) is 0 Å². The van der Waals surface area contributed by atoms with E-state index in [9.17, 15) is 0 Å². The molecule has 1 rings (SSSR count). The van der Waals surface area contributed by atoms with Crippen molar-refractivity contribution in [3.63, 3.8) is 0 Å². The van der Waals surface area contributed by atoms with Gasteiger partial charge in [-0.1, -0.05) is 0 Å². The minimum Gasteiger partial charge on any atom is -0.391 e. The van der Waals surface area contributed by atoms with Crippen LogP contribution in [0.15, 0.2) is 6.07 Å². The smallest absolute Gasteiger partial charge is 0.0777 e. The van der Waals surface area contributed by atoms with E-state index < -0.39 is 0 Å². The Morgan fingerprint density at radius 3 is 2.69 bits per heavy atom. The number of hydrogen-bond acceptors (Lipinski definition) is 3. The first kappa shape index (κ1) is 10.7. The number of hydrogen-bond donors (Lipinski definition) is 1. The monoisotopic (exact) mass is 199 g/mol. The molecule has 0 aliphatic heterocycles. The first-order valence-electron chi connectivity index (χ1n) is 4.47. The molecule has 0 aromatic carbocycles. The number of aliphatic hydroxyl groups excluding tert-OH is 1. The molecule has 1 N–H and O–H groups in total. The van der Waals surface area contributed by atoms with E-state index in [0.29, 0.717) is 0 Å². The summed E-state index contributed by atoms with van der Waals surface area (Å²) in [7, 11) is 4.13. The molecule has 1 aromatic rings. The summed E-state index contributed by atoms with van der Waals surface area (Å²) in [6, 6.07) is 2.18. The minimum atomic E-state index is 0.182. The summed E-state index contributed by atoms with van der Waals surface area (Å²) in [5, 5.41) is 9.09. The maximum Gasteiger partial charge on any atom is 0.0777 e. The second kappa shape index (κ2) is 4.74. The van der Waals surface area contributed by atoms with Gasteiger partial charge in [0.1, 0.15) is 0 Å². The molecule has 0 spiro atoms. The topological polar surface area (TPSA) is 23.5 Å². The number of thiophene rings is 1. The zero-order valence-corrected chi connectivity index (χ0v) is 9.32. The highest BCUT2D eigenvalue weighted by Crippen LogP contribution is 2.22. The zero-order valence-electron chi connectivity index (χ0n) is 8.50.